The van der Waals surface area contributed by atoms with E-state index in [1.165, 1.54) is 10.8 Å². The molecule has 8 nitrogen and oxygen atoms in total. The molecule has 0 atom stereocenters. The van der Waals surface area contributed by atoms with Crippen molar-refractivity contribution in [3.05, 3.63) is 54.5 Å². The Bertz CT molecular complexity index is 1400. The molecule has 0 amide bonds. The van der Waals surface area contributed by atoms with Gasteiger partial charge in [0, 0.05) is 45.3 Å². The second-order valence-corrected chi connectivity index (χ2v) is 18.9. The smallest absolute Gasteiger partial charge is 0.434 e. The molecule has 0 spiro atoms. The first-order chi connectivity index (χ1) is 21.8. The van der Waals surface area contributed by atoms with E-state index in [1.54, 1.807) is 19.2 Å². The van der Waals surface area contributed by atoms with Crippen molar-refractivity contribution in [1.29, 1.82) is 0 Å². The van der Waals surface area contributed by atoms with Gasteiger partial charge in [-0.1, -0.05) is 33.0 Å². The van der Waals surface area contributed by atoms with Gasteiger partial charge < -0.3 is 23.5 Å². The van der Waals surface area contributed by atoms with Crippen LogP contribution in [0, 0.1) is 5.41 Å². The Balaban J connectivity index is 1.38. The number of halogens is 3. The Labute approximate surface area is 270 Å². The second kappa shape index (κ2) is 15.6. The number of alkyl halides is 3. The molecule has 0 saturated heterocycles. The molecule has 46 heavy (non-hydrogen) atoms. The highest BCUT2D eigenvalue weighted by Gasteiger charge is 2.44. The van der Waals surface area contributed by atoms with Gasteiger partial charge >= 0.3 is 12.1 Å². The highest BCUT2D eigenvalue weighted by molar-refractivity contribution is 6.76. The fourth-order valence-corrected chi connectivity index (χ4v) is 6.18. The van der Waals surface area contributed by atoms with Crippen molar-refractivity contribution in [3.8, 4) is 28.4 Å². The fourth-order valence-electron chi connectivity index (χ4n) is 5.42. The summed E-state index contributed by atoms with van der Waals surface area (Å²) in [4.78, 5) is 21.3. The lowest BCUT2D eigenvalue weighted by Crippen LogP contribution is -2.42. The lowest BCUT2D eigenvalue weighted by Gasteiger charge is -2.37. The molecule has 3 aromatic rings. The summed E-state index contributed by atoms with van der Waals surface area (Å²) in [5, 5.41) is 0. The van der Waals surface area contributed by atoms with E-state index in [-0.39, 0.29) is 24.6 Å². The number of esters is 1. The van der Waals surface area contributed by atoms with Crippen LogP contribution in [0.25, 0.3) is 22.6 Å². The van der Waals surface area contributed by atoms with Gasteiger partial charge in [0.15, 0.2) is 5.69 Å². The number of hydrogen-bond acceptors (Lipinski definition) is 7. The predicted octanol–water partition coefficient (Wildman–Crippen LogP) is 8.24. The predicted molar refractivity (Wildman–Crippen MR) is 173 cm³/mol. The average molecular weight is 662 g/mol. The molecule has 1 fully saturated rings. The summed E-state index contributed by atoms with van der Waals surface area (Å²) in [5.41, 5.74) is 0.371. The maximum absolute atomic E-state index is 13.5. The number of ether oxygens (including phenoxy) is 4. The maximum Gasteiger partial charge on any atom is 0.434 e. The Morgan fingerprint density at radius 1 is 1.04 bits per heavy atom. The summed E-state index contributed by atoms with van der Waals surface area (Å²) in [6.45, 7) is 9.94. The monoisotopic (exact) mass is 661 g/mol. The summed E-state index contributed by atoms with van der Waals surface area (Å²) in [6.07, 6.45) is 2.44. The van der Waals surface area contributed by atoms with Crippen LogP contribution in [-0.2, 0) is 31.9 Å². The van der Waals surface area contributed by atoms with Gasteiger partial charge in [-0.25, -0.2) is 4.98 Å². The van der Waals surface area contributed by atoms with Crippen molar-refractivity contribution < 1.29 is 36.9 Å². The second-order valence-electron chi connectivity index (χ2n) is 13.2. The van der Waals surface area contributed by atoms with Gasteiger partial charge in [-0.2, -0.15) is 13.2 Å². The molecule has 0 bridgehead atoms. The Kier molecular flexibility index (Phi) is 12.1. The first-order valence-corrected chi connectivity index (χ1v) is 19.7. The molecule has 0 aliphatic heterocycles. The first-order valence-electron chi connectivity index (χ1n) is 16.0. The lowest BCUT2D eigenvalue weighted by atomic mass is 9.73. The van der Waals surface area contributed by atoms with Crippen LogP contribution in [0.4, 0.5) is 13.2 Å². The normalized spacial score (nSPS) is 18.8. The van der Waals surface area contributed by atoms with E-state index in [1.807, 2.05) is 24.3 Å². The number of imidazole rings is 1. The fraction of sp³-hybridized carbons (Fsp3) is 0.559. The molecule has 1 aliphatic rings. The number of carbonyl (C=O) groups excluding carboxylic acids is 1. The van der Waals surface area contributed by atoms with Crippen LogP contribution in [-0.4, -0.2) is 61.6 Å². The Morgan fingerprint density at radius 3 is 2.33 bits per heavy atom. The molecular weight excluding hydrogens is 615 g/mol. The van der Waals surface area contributed by atoms with Crippen LogP contribution in [0.15, 0.2) is 48.8 Å². The number of pyridine rings is 1. The molecule has 12 heteroatoms. The van der Waals surface area contributed by atoms with E-state index in [9.17, 15) is 18.0 Å². The number of hydrogen-bond donors (Lipinski definition) is 0. The van der Waals surface area contributed by atoms with Crippen LogP contribution < -0.4 is 4.74 Å². The highest BCUT2D eigenvalue weighted by atomic mass is 28.3. The molecule has 1 aromatic carbocycles. The van der Waals surface area contributed by atoms with Gasteiger partial charge in [0.1, 0.15) is 18.3 Å². The summed E-state index contributed by atoms with van der Waals surface area (Å²) >= 11 is 0. The summed E-state index contributed by atoms with van der Waals surface area (Å²) in [6, 6.07) is 11.9. The van der Waals surface area contributed by atoms with Crippen molar-refractivity contribution >= 4 is 14.0 Å². The Morgan fingerprint density at radius 2 is 1.74 bits per heavy atom. The largest absolute Gasteiger partial charge is 0.490 e. The molecular formula is C34H46F3N3O5Si. The van der Waals surface area contributed by atoms with Crippen LogP contribution in [0.2, 0.25) is 25.7 Å². The molecule has 2 aromatic heterocycles. The highest BCUT2D eigenvalue weighted by Crippen LogP contribution is 2.39. The molecule has 0 radical (unpaired) electrons. The van der Waals surface area contributed by atoms with Crippen molar-refractivity contribution in [3.63, 3.8) is 0 Å². The number of aromatic nitrogens is 3. The Hall–Kier alpha value is -3.22. The van der Waals surface area contributed by atoms with E-state index in [0.717, 1.165) is 30.6 Å². The number of nitrogens with zero attached hydrogens (tertiary/aromatic N) is 3. The minimum absolute atomic E-state index is 0.0243. The van der Waals surface area contributed by atoms with E-state index < -0.39 is 25.4 Å². The van der Waals surface area contributed by atoms with Gasteiger partial charge in [-0.3, -0.25) is 9.78 Å². The summed E-state index contributed by atoms with van der Waals surface area (Å²) in [7, 11) is 0.273. The topological polar surface area (TPSA) is 84.7 Å². The van der Waals surface area contributed by atoms with Gasteiger partial charge in [0.05, 0.1) is 30.4 Å². The lowest BCUT2D eigenvalue weighted by molar-refractivity contribution is -0.163. The number of methoxy groups -OCH3 is 1. The molecule has 0 unspecified atom stereocenters. The van der Waals surface area contributed by atoms with Gasteiger partial charge in [0.2, 0.25) is 0 Å². The number of carbonyl (C=O) groups is 1. The van der Waals surface area contributed by atoms with E-state index in [4.69, 9.17) is 18.9 Å². The standard InChI is InChI=1S/C34H46F3N3O5Si/c1-6-7-18-44-32(41)33(23-42-2)16-14-28(15-17-33)45-27-11-8-25(9-12-27)29-13-10-26(21-38-29)31-39-30(34(35,36)37)22-40(31)24-43-19-20-46(3,4)5/h8-13,21-22,28H,6-7,14-20,23-24H2,1-5H3/t28-,33-. The molecule has 1 aliphatic carbocycles. The zero-order chi connectivity index (χ0) is 33.4. The zero-order valence-electron chi connectivity index (χ0n) is 27.5. The third-order valence-corrected chi connectivity index (χ3v) is 9.95. The van der Waals surface area contributed by atoms with Crippen molar-refractivity contribution in [2.75, 3.05) is 26.9 Å². The van der Waals surface area contributed by atoms with Crippen molar-refractivity contribution in [2.45, 2.75) is 90.1 Å². The SMILES string of the molecule is CCCCOC(=O)[C@]1(COC)CC[C@@H](Oc2ccc(-c3ccc(-c4nc(C(F)(F)F)cn4COCC[Si](C)(C)C)cn3)cc2)CC1. The zero-order valence-corrected chi connectivity index (χ0v) is 28.5. The quantitative estimate of drug-likeness (QED) is 0.0922. The van der Waals surface area contributed by atoms with Crippen molar-refractivity contribution in [1.82, 2.24) is 14.5 Å². The van der Waals surface area contributed by atoms with E-state index in [2.05, 4.69) is 36.5 Å². The molecule has 4 rings (SSSR count). The molecule has 1 saturated carbocycles. The van der Waals surface area contributed by atoms with Gasteiger partial charge in [-0.05, 0) is 74.5 Å². The third-order valence-electron chi connectivity index (χ3n) is 8.24. The van der Waals surface area contributed by atoms with Crippen LogP contribution in [0.1, 0.15) is 51.1 Å². The summed E-state index contributed by atoms with van der Waals surface area (Å²) in [5.74, 6) is 0.685. The third kappa shape index (κ3) is 9.65. The van der Waals surface area contributed by atoms with Crippen LogP contribution in [0.5, 0.6) is 5.75 Å². The first kappa shape index (κ1) is 35.6. The van der Waals surface area contributed by atoms with Crippen molar-refractivity contribution in [2.24, 2.45) is 5.41 Å². The van der Waals surface area contributed by atoms with E-state index >= 15 is 0 Å². The van der Waals surface area contributed by atoms with E-state index in [0.29, 0.717) is 62.5 Å². The molecule has 252 valence electrons. The minimum Gasteiger partial charge on any atom is -0.490 e. The molecule has 2 heterocycles. The maximum atomic E-state index is 13.5. The van der Waals surface area contributed by atoms with Gasteiger partial charge in [-0.15, -0.1) is 0 Å². The molecule has 0 N–H and O–H groups in total. The number of rotatable bonds is 15. The summed E-state index contributed by atoms with van der Waals surface area (Å²) < 4.78 is 64.8. The number of benzene rings is 1. The average Bonchev–Trinajstić information content (AvgIpc) is 3.46. The minimum atomic E-state index is -4.57. The van der Waals surface area contributed by atoms with Gasteiger partial charge in [0.25, 0.3) is 0 Å². The number of unbranched alkanes of at least 4 members (excludes halogenated alkanes) is 1. The van der Waals surface area contributed by atoms with Crippen LogP contribution >= 0.6 is 0 Å². The van der Waals surface area contributed by atoms with Crippen LogP contribution in [0.3, 0.4) is 0 Å².